The second-order valence-electron chi connectivity index (χ2n) is 7.95. The topological polar surface area (TPSA) is 9.23 Å². The first kappa shape index (κ1) is 19.2. The van der Waals surface area contributed by atoms with Gasteiger partial charge in [-0.25, -0.2) is 0 Å². The van der Waals surface area contributed by atoms with Gasteiger partial charge in [-0.05, 0) is 70.2 Å². The van der Waals surface area contributed by atoms with Crippen molar-refractivity contribution in [2.75, 3.05) is 0 Å². The van der Waals surface area contributed by atoms with E-state index in [1.54, 1.807) is 0 Å². The van der Waals surface area contributed by atoms with Crippen molar-refractivity contribution in [3.8, 4) is 16.9 Å². The van der Waals surface area contributed by atoms with Gasteiger partial charge in [-0.3, -0.25) is 0 Å². The standard InChI is InChI=1S/C27H23ClOSi/c1-19-14-23(29-17-20-8-4-2-5-9-20)15-21-18-30(24-10-6-3-7-11-24)26-16-22(28)12-13-25(26)27(19)21/h2-16,30H,17-18H2,1H3/t30-/m1/s1. The van der Waals surface area contributed by atoms with Crippen LogP contribution in [-0.4, -0.2) is 8.80 Å². The molecule has 0 aliphatic carbocycles. The Morgan fingerprint density at radius 3 is 2.37 bits per heavy atom. The van der Waals surface area contributed by atoms with Crippen molar-refractivity contribution in [1.82, 2.24) is 0 Å². The molecule has 1 aliphatic heterocycles. The van der Waals surface area contributed by atoms with Crippen LogP contribution >= 0.6 is 11.6 Å². The molecule has 3 heteroatoms. The Labute approximate surface area is 184 Å². The molecule has 0 N–H and O–H groups in total. The number of halogens is 1. The van der Waals surface area contributed by atoms with E-state index in [4.69, 9.17) is 16.3 Å². The highest BCUT2D eigenvalue weighted by Crippen LogP contribution is 2.35. The minimum atomic E-state index is -1.41. The highest BCUT2D eigenvalue weighted by molar-refractivity contribution is 6.86. The average Bonchev–Trinajstić information content (AvgIpc) is 2.78. The molecule has 0 aromatic heterocycles. The minimum Gasteiger partial charge on any atom is -0.489 e. The summed E-state index contributed by atoms with van der Waals surface area (Å²) >= 11 is 6.42. The summed E-state index contributed by atoms with van der Waals surface area (Å²) in [6, 6.07) is 33.2. The zero-order chi connectivity index (χ0) is 20.5. The van der Waals surface area contributed by atoms with Crippen LogP contribution in [-0.2, 0) is 12.7 Å². The fourth-order valence-electron chi connectivity index (χ4n) is 4.56. The van der Waals surface area contributed by atoms with Crippen molar-refractivity contribution in [3.05, 3.63) is 113 Å². The molecule has 30 heavy (non-hydrogen) atoms. The summed E-state index contributed by atoms with van der Waals surface area (Å²) in [6.45, 7) is 2.78. The number of fused-ring (bicyclic) bond motifs is 3. The van der Waals surface area contributed by atoms with E-state index in [0.717, 1.165) is 16.8 Å². The summed E-state index contributed by atoms with van der Waals surface area (Å²) in [5, 5.41) is 3.73. The lowest BCUT2D eigenvalue weighted by Crippen LogP contribution is -2.47. The van der Waals surface area contributed by atoms with Gasteiger partial charge in [0, 0.05) is 5.02 Å². The van der Waals surface area contributed by atoms with Crippen LogP contribution in [0.5, 0.6) is 5.75 Å². The van der Waals surface area contributed by atoms with Gasteiger partial charge in [-0.2, -0.15) is 0 Å². The molecular formula is C27H23ClOSi. The summed E-state index contributed by atoms with van der Waals surface area (Å²) in [6.07, 6.45) is 0. The van der Waals surface area contributed by atoms with Gasteiger partial charge >= 0.3 is 0 Å². The van der Waals surface area contributed by atoms with Gasteiger partial charge in [-0.15, -0.1) is 0 Å². The molecular weight excluding hydrogens is 404 g/mol. The molecule has 0 saturated heterocycles. The predicted octanol–water partition coefficient (Wildman–Crippen LogP) is 5.33. The number of aryl methyl sites for hydroxylation is 1. The number of hydrogen-bond acceptors (Lipinski definition) is 1. The normalized spacial score (nSPS) is 14.7. The molecule has 0 bridgehead atoms. The lowest BCUT2D eigenvalue weighted by atomic mass is 9.94. The Balaban J connectivity index is 1.56. The third-order valence-corrected chi connectivity index (χ3v) is 9.42. The summed E-state index contributed by atoms with van der Waals surface area (Å²) in [5.74, 6) is 0.952. The number of benzene rings is 4. The number of rotatable bonds is 4. The van der Waals surface area contributed by atoms with Crippen LogP contribution in [0, 0.1) is 6.92 Å². The third kappa shape index (κ3) is 3.69. The molecule has 4 aromatic rings. The molecule has 0 radical (unpaired) electrons. The maximum Gasteiger partial charge on any atom is 0.120 e. The zero-order valence-corrected chi connectivity index (χ0v) is 18.8. The lowest BCUT2D eigenvalue weighted by Gasteiger charge is -2.29. The maximum absolute atomic E-state index is 6.42. The van der Waals surface area contributed by atoms with Crippen molar-refractivity contribution in [1.29, 1.82) is 0 Å². The van der Waals surface area contributed by atoms with Gasteiger partial charge in [0.05, 0.1) is 0 Å². The van der Waals surface area contributed by atoms with Gasteiger partial charge in [0.2, 0.25) is 0 Å². The second-order valence-corrected chi connectivity index (χ2v) is 11.2. The largest absolute Gasteiger partial charge is 0.489 e. The van der Waals surface area contributed by atoms with Crippen LogP contribution < -0.4 is 15.1 Å². The van der Waals surface area contributed by atoms with Crippen molar-refractivity contribution in [3.63, 3.8) is 0 Å². The van der Waals surface area contributed by atoms with Gasteiger partial charge in [0.25, 0.3) is 0 Å². The summed E-state index contributed by atoms with van der Waals surface area (Å²) in [4.78, 5) is 0. The van der Waals surface area contributed by atoms with Gasteiger partial charge in [-0.1, -0.05) is 83.5 Å². The molecule has 148 valence electrons. The van der Waals surface area contributed by atoms with E-state index in [1.165, 1.54) is 38.2 Å². The molecule has 5 rings (SSSR count). The van der Waals surface area contributed by atoms with Crippen molar-refractivity contribution < 1.29 is 4.74 Å². The molecule has 0 saturated carbocycles. The van der Waals surface area contributed by atoms with Gasteiger partial charge in [0.1, 0.15) is 21.2 Å². The predicted molar refractivity (Wildman–Crippen MR) is 129 cm³/mol. The van der Waals surface area contributed by atoms with Crippen LogP contribution in [0.2, 0.25) is 5.02 Å². The molecule has 0 fully saturated rings. The van der Waals surface area contributed by atoms with E-state index in [1.807, 2.05) is 12.1 Å². The SMILES string of the molecule is Cc1cc(OCc2ccccc2)cc2c1-c1ccc(Cl)cc1[Si@@H](c1ccccc1)C2. The van der Waals surface area contributed by atoms with E-state index in [2.05, 4.69) is 85.8 Å². The van der Waals surface area contributed by atoms with E-state index >= 15 is 0 Å². The fraction of sp³-hybridized carbons (Fsp3) is 0.111. The van der Waals surface area contributed by atoms with Crippen LogP contribution in [0.15, 0.2) is 91.0 Å². The highest BCUT2D eigenvalue weighted by atomic mass is 35.5. The van der Waals surface area contributed by atoms with Crippen LogP contribution in [0.4, 0.5) is 0 Å². The molecule has 1 heterocycles. The number of ether oxygens (including phenoxy) is 1. The Bertz CT molecular complexity index is 1190. The average molecular weight is 427 g/mol. The Hall–Kier alpha value is -2.81. The maximum atomic E-state index is 6.42. The lowest BCUT2D eigenvalue weighted by molar-refractivity contribution is 0.306. The van der Waals surface area contributed by atoms with Crippen LogP contribution in [0.1, 0.15) is 16.7 Å². The van der Waals surface area contributed by atoms with Crippen LogP contribution in [0.25, 0.3) is 11.1 Å². The molecule has 0 spiro atoms. The monoisotopic (exact) mass is 426 g/mol. The van der Waals surface area contributed by atoms with E-state index < -0.39 is 8.80 Å². The van der Waals surface area contributed by atoms with E-state index in [0.29, 0.717) is 6.61 Å². The first-order valence-corrected chi connectivity index (χ1v) is 12.7. The first-order valence-electron chi connectivity index (χ1n) is 10.3. The third-order valence-electron chi connectivity index (χ3n) is 5.92. The fourth-order valence-corrected chi connectivity index (χ4v) is 8.10. The summed E-state index contributed by atoms with van der Waals surface area (Å²) < 4.78 is 6.18. The molecule has 0 amide bonds. The molecule has 4 aromatic carbocycles. The van der Waals surface area contributed by atoms with E-state index in [9.17, 15) is 0 Å². The first-order chi connectivity index (χ1) is 14.7. The van der Waals surface area contributed by atoms with Crippen molar-refractivity contribution in [2.24, 2.45) is 0 Å². The Morgan fingerprint density at radius 1 is 0.867 bits per heavy atom. The number of hydrogen-bond donors (Lipinski definition) is 0. The molecule has 1 atom stereocenters. The van der Waals surface area contributed by atoms with Gasteiger partial charge in [0.15, 0.2) is 0 Å². The quantitative estimate of drug-likeness (QED) is 0.401. The highest BCUT2D eigenvalue weighted by Gasteiger charge is 2.29. The van der Waals surface area contributed by atoms with Crippen molar-refractivity contribution in [2.45, 2.75) is 19.6 Å². The second kappa shape index (κ2) is 8.14. The Kier molecular flexibility index (Phi) is 5.20. The molecule has 0 unspecified atom stereocenters. The Morgan fingerprint density at radius 2 is 1.60 bits per heavy atom. The molecule has 1 nitrogen and oxygen atoms in total. The smallest absolute Gasteiger partial charge is 0.120 e. The van der Waals surface area contributed by atoms with Gasteiger partial charge < -0.3 is 4.74 Å². The van der Waals surface area contributed by atoms with E-state index in [-0.39, 0.29) is 0 Å². The minimum absolute atomic E-state index is 0.588. The zero-order valence-electron chi connectivity index (χ0n) is 16.9. The van der Waals surface area contributed by atoms with Crippen molar-refractivity contribution >= 4 is 30.8 Å². The van der Waals surface area contributed by atoms with Crippen LogP contribution in [0.3, 0.4) is 0 Å². The summed E-state index contributed by atoms with van der Waals surface area (Å²) in [5.41, 5.74) is 6.54. The molecule has 1 aliphatic rings. The summed E-state index contributed by atoms with van der Waals surface area (Å²) in [7, 11) is -1.41.